The minimum atomic E-state index is -0.119. The molecule has 2 aromatic heterocycles. The number of nitrogens with one attached hydrogen (secondary N) is 1. The van der Waals surface area contributed by atoms with Gasteiger partial charge in [-0.05, 0) is 25.1 Å². The van der Waals surface area contributed by atoms with Crippen molar-refractivity contribution >= 4 is 22.9 Å². The number of carbonyl (C=O) groups excluding carboxylic acids is 1. The molecule has 0 unspecified atom stereocenters. The second-order valence-electron chi connectivity index (χ2n) is 6.92. The van der Waals surface area contributed by atoms with Gasteiger partial charge in [-0.2, -0.15) is 5.10 Å². The Kier molecular flexibility index (Phi) is 4.57. The number of fused-ring (bicyclic) bond motifs is 1. The zero-order chi connectivity index (χ0) is 19.0. The summed E-state index contributed by atoms with van der Waals surface area (Å²) in [5.41, 5.74) is 3.40. The topological polar surface area (TPSA) is 77.2 Å². The average Bonchev–Trinajstić information content (AvgIpc) is 3.26. The highest BCUT2D eigenvalue weighted by atomic mass is 16.5. The van der Waals surface area contributed by atoms with Crippen LogP contribution in [-0.2, 0) is 18.8 Å². The molecule has 0 spiro atoms. The standard InChI is InChI=1S/C19H24N6O2/c1-13(15-11-20-23(2)12-15)21-18(26)14-4-5-17-16(10-14)22-19(24(17)3)25-6-8-27-9-7-25/h4-5,10-13H,6-9H2,1-3H3,(H,21,26)/t13-/m1/s1. The summed E-state index contributed by atoms with van der Waals surface area (Å²) in [5.74, 6) is 0.793. The molecule has 8 nitrogen and oxygen atoms in total. The predicted octanol–water partition coefficient (Wildman–Crippen LogP) is 1.63. The maximum atomic E-state index is 12.7. The number of imidazole rings is 1. The third-order valence-electron chi connectivity index (χ3n) is 4.99. The van der Waals surface area contributed by atoms with Crippen molar-refractivity contribution in [2.75, 3.05) is 31.2 Å². The van der Waals surface area contributed by atoms with E-state index in [0.29, 0.717) is 18.8 Å². The highest BCUT2D eigenvalue weighted by Gasteiger charge is 2.19. The minimum absolute atomic E-state index is 0.116. The quantitative estimate of drug-likeness (QED) is 0.757. The minimum Gasteiger partial charge on any atom is -0.378 e. The van der Waals surface area contributed by atoms with E-state index < -0.39 is 0 Å². The predicted molar refractivity (Wildman–Crippen MR) is 103 cm³/mol. The molecule has 1 fully saturated rings. The van der Waals surface area contributed by atoms with Gasteiger partial charge in [0.25, 0.3) is 5.91 Å². The van der Waals surface area contributed by atoms with Crippen LogP contribution in [0.15, 0.2) is 30.6 Å². The van der Waals surface area contributed by atoms with E-state index in [1.54, 1.807) is 10.9 Å². The number of carbonyl (C=O) groups is 1. The van der Waals surface area contributed by atoms with Crippen LogP contribution in [-0.4, -0.2) is 51.5 Å². The molecule has 27 heavy (non-hydrogen) atoms. The van der Waals surface area contributed by atoms with Crippen LogP contribution in [0.2, 0.25) is 0 Å². The van der Waals surface area contributed by atoms with Gasteiger partial charge in [-0.1, -0.05) is 0 Å². The molecule has 1 aliphatic heterocycles. The molecule has 0 radical (unpaired) electrons. The van der Waals surface area contributed by atoms with E-state index in [4.69, 9.17) is 9.72 Å². The summed E-state index contributed by atoms with van der Waals surface area (Å²) in [7, 11) is 3.86. The Morgan fingerprint density at radius 1 is 1.26 bits per heavy atom. The van der Waals surface area contributed by atoms with Crippen molar-refractivity contribution in [1.82, 2.24) is 24.6 Å². The van der Waals surface area contributed by atoms with Crippen molar-refractivity contribution in [3.63, 3.8) is 0 Å². The highest BCUT2D eigenvalue weighted by Crippen LogP contribution is 2.23. The summed E-state index contributed by atoms with van der Waals surface area (Å²) < 4.78 is 9.22. The number of morpholine rings is 1. The van der Waals surface area contributed by atoms with Crippen LogP contribution in [0.25, 0.3) is 11.0 Å². The Bertz CT molecular complexity index is 970. The molecule has 8 heteroatoms. The van der Waals surface area contributed by atoms with Crippen molar-refractivity contribution in [2.45, 2.75) is 13.0 Å². The normalized spacial score (nSPS) is 15.9. The largest absolute Gasteiger partial charge is 0.378 e. The molecule has 1 aliphatic rings. The van der Waals surface area contributed by atoms with Crippen molar-refractivity contribution in [3.05, 3.63) is 41.7 Å². The van der Waals surface area contributed by atoms with Crippen molar-refractivity contribution in [3.8, 4) is 0 Å². The first-order valence-electron chi connectivity index (χ1n) is 9.11. The highest BCUT2D eigenvalue weighted by molar-refractivity contribution is 5.98. The summed E-state index contributed by atoms with van der Waals surface area (Å²) in [4.78, 5) is 19.6. The molecule has 1 amide bonds. The number of aromatic nitrogens is 4. The maximum absolute atomic E-state index is 12.7. The molecule has 1 atom stereocenters. The van der Waals surface area contributed by atoms with Crippen LogP contribution in [0.3, 0.4) is 0 Å². The Balaban J connectivity index is 1.56. The van der Waals surface area contributed by atoms with Gasteiger partial charge in [-0.25, -0.2) is 4.98 Å². The van der Waals surface area contributed by atoms with Crippen LogP contribution in [0.4, 0.5) is 5.95 Å². The molecule has 1 N–H and O–H groups in total. The van der Waals surface area contributed by atoms with Gasteiger partial charge >= 0.3 is 0 Å². The summed E-state index contributed by atoms with van der Waals surface area (Å²) in [6, 6.07) is 5.54. The van der Waals surface area contributed by atoms with E-state index in [2.05, 4.69) is 19.9 Å². The maximum Gasteiger partial charge on any atom is 0.251 e. The van der Waals surface area contributed by atoms with Gasteiger partial charge in [0.15, 0.2) is 0 Å². The summed E-state index contributed by atoms with van der Waals surface area (Å²) >= 11 is 0. The molecule has 142 valence electrons. The van der Waals surface area contributed by atoms with Crippen LogP contribution < -0.4 is 10.2 Å². The third kappa shape index (κ3) is 3.40. The zero-order valence-electron chi connectivity index (χ0n) is 15.8. The van der Waals surface area contributed by atoms with Gasteiger partial charge in [-0.3, -0.25) is 9.48 Å². The third-order valence-corrected chi connectivity index (χ3v) is 4.99. The van der Waals surface area contributed by atoms with Gasteiger partial charge in [-0.15, -0.1) is 0 Å². The van der Waals surface area contributed by atoms with E-state index in [-0.39, 0.29) is 11.9 Å². The Morgan fingerprint density at radius 3 is 2.74 bits per heavy atom. The van der Waals surface area contributed by atoms with Crippen LogP contribution in [0, 0.1) is 0 Å². The van der Waals surface area contributed by atoms with Gasteiger partial charge in [0.1, 0.15) is 0 Å². The Labute approximate surface area is 157 Å². The van der Waals surface area contributed by atoms with Crippen molar-refractivity contribution in [2.24, 2.45) is 14.1 Å². The summed E-state index contributed by atoms with van der Waals surface area (Å²) in [6.45, 7) is 5.02. The molecule has 1 aromatic carbocycles. The molecule has 3 heterocycles. The van der Waals surface area contributed by atoms with E-state index in [0.717, 1.165) is 35.6 Å². The zero-order valence-corrected chi connectivity index (χ0v) is 15.8. The van der Waals surface area contributed by atoms with Crippen molar-refractivity contribution in [1.29, 1.82) is 0 Å². The Hall–Kier alpha value is -2.87. The van der Waals surface area contributed by atoms with Crippen LogP contribution in [0.1, 0.15) is 28.9 Å². The molecule has 4 rings (SSSR count). The van der Waals surface area contributed by atoms with Crippen molar-refractivity contribution < 1.29 is 9.53 Å². The van der Waals surface area contributed by atoms with Gasteiger partial charge in [0.2, 0.25) is 5.95 Å². The fourth-order valence-corrected chi connectivity index (χ4v) is 3.40. The lowest BCUT2D eigenvalue weighted by molar-refractivity contribution is 0.0940. The number of rotatable bonds is 4. The number of benzene rings is 1. The van der Waals surface area contributed by atoms with E-state index in [1.165, 1.54) is 0 Å². The lowest BCUT2D eigenvalue weighted by Gasteiger charge is -2.27. The lowest BCUT2D eigenvalue weighted by Crippen LogP contribution is -2.37. The molecule has 1 saturated heterocycles. The molecular weight excluding hydrogens is 344 g/mol. The van der Waals surface area contributed by atoms with Crippen LogP contribution in [0.5, 0.6) is 0 Å². The lowest BCUT2D eigenvalue weighted by atomic mass is 10.1. The first-order chi connectivity index (χ1) is 13.0. The summed E-state index contributed by atoms with van der Waals surface area (Å²) in [5, 5.41) is 7.18. The average molecular weight is 368 g/mol. The number of ether oxygens (including phenoxy) is 1. The van der Waals surface area contributed by atoms with Crippen LogP contribution >= 0.6 is 0 Å². The number of aryl methyl sites for hydroxylation is 2. The SMILES string of the molecule is C[C@@H](NC(=O)c1ccc2c(c1)nc(N1CCOCC1)n2C)c1cnn(C)c1. The Morgan fingerprint density at radius 2 is 2.04 bits per heavy atom. The molecule has 0 bridgehead atoms. The molecule has 0 saturated carbocycles. The molecular formula is C19H24N6O2. The van der Waals surface area contributed by atoms with Gasteiger partial charge < -0.3 is 19.5 Å². The monoisotopic (exact) mass is 368 g/mol. The molecule has 0 aliphatic carbocycles. The second kappa shape index (κ2) is 7.03. The first kappa shape index (κ1) is 17.5. The van der Waals surface area contributed by atoms with E-state index in [9.17, 15) is 4.79 Å². The molecule has 3 aromatic rings. The fourth-order valence-electron chi connectivity index (χ4n) is 3.40. The summed E-state index contributed by atoms with van der Waals surface area (Å²) in [6.07, 6.45) is 3.67. The number of hydrogen-bond donors (Lipinski definition) is 1. The number of anilines is 1. The second-order valence-corrected chi connectivity index (χ2v) is 6.92. The van der Waals surface area contributed by atoms with Gasteiger partial charge in [0, 0.05) is 44.5 Å². The number of nitrogens with zero attached hydrogens (tertiary/aromatic N) is 5. The van der Waals surface area contributed by atoms with E-state index in [1.807, 2.05) is 45.4 Å². The van der Waals surface area contributed by atoms with E-state index >= 15 is 0 Å². The first-order valence-corrected chi connectivity index (χ1v) is 9.11. The number of amides is 1. The number of hydrogen-bond acceptors (Lipinski definition) is 5. The smallest absolute Gasteiger partial charge is 0.251 e. The fraction of sp³-hybridized carbons (Fsp3) is 0.421. The van der Waals surface area contributed by atoms with Gasteiger partial charge in [0.05, 0.1) is 36.5 Å².